The lowest BCUT2D eigenvalue weighted by atomic mass is 10.1. The van der Waals surface area contributed by atoms with Crippen LogP contribution < -0.4 is 11.1 Å². The molecule has 1 atom stereocenters. The minimum absolute atomic E-state index is 0. The van der Waals surface area contributed by atoms with E-state index in [-0.39, 0.29) is 24.2 Å². The van der Waals surface area contributed by atoms with Crippen molar-refractivity contribution in [1.29, 1.82) is 0 Å². The molecule has 3 N–H and O–H groups in total. The van der Waals surface area contributed by atoms with Gasteiger partial charge in [-0.3, -0.25) is 4.79 Å². The largest absolute Gasteiger partial charge is 0.320 e. The Morgan fingerprint density at radius 1 is 1.59 bits per heavy atom. The second-order valence-electron chi connectivity index (χ2n) is 4.61. The third-order valence-corrected chi connectivity index (χ3v) is 3.54. The number of rotatable bonds is 4. The fraction of sp³-hybridized carbons (Fsp3) is 0.636. The van der Waals surface area contributed by atoms with Crippen LogP contribution in [0.3, 0.4) is 0 Å². The molecule has 2 rings (SSSR count). The van der Waals surface area contributed by atoms with E-state index >= 15 is 0 Å². The first-order chi connectivity index (χ1) is 7.58. The van der Waals surface area contributed by atoms with Crippen LogP contribution in [0.4, 0.5) is 5.13 Å². The van der Waals surface area contributed by atoms with Crippen LogP contribution in [0.25, 0.3) is 0 Å². The number of hydrogen-bond acceptors (Lipinski definition) is 4. The van der Waals surface area contributed by atoms with E-state index in [9.17, 15) is 4.79 Å². The van der Waals surface area contributed by atoms with E-state index in [1.54, 1.807) is 0 Å². The summed E-state index contributed by atoms with van der Waals surface area (Å²) in [5.74, 6) is 0.621. The van der Waals surface area contributed by atoms with Gasteiger partial charge in [0, 0.05) is 11.3 Å². The minimum Gasteiger partial charge on any atom is -0.320 e. The number of nitrogens with one attached hydrogen (secondary N) is 1. The molecule has 1 fully saturated rings. The standard InChI is InChI=1S/C11H17N3OS.ClH/c1-6(2)9(12)10(15)14-11-13-8(5-16-11)7-3-4-7;/h5-7,9H,3-4,12H2,1-2H3,(H,13,14,15);1H/t9-;/m1./s1. The molecule has 1 saturated carbocycles. The van der Waals surface area contributed by atoms with Gasteiger partial charge in [-0.25, -0.2) is 4.98 Å². The molecule has 0 spiro atoms. The molecule has 0 aliphatic heterocycles. The van der Waals surface area contributed by atoms with Crippen molar-refractivity contribution in [3.63, 3.8) is 0 Å². The first-order valence-corrected chi connectivity index (χ1v) is 6.47. The van der Waals surface area contributed by atoms with E-state index in [1.165, 1.54) is 24.2 Å². The van der Waals surface area contributed by atoms with Gasteiger partial charge in [-0.2, -0.15) is 0 Å². The number of carbonyl (C=O) groups is 1. The van der Waals surface area contributed by atoms with Gasteiger partial charge in [0.2, 0.25) is 5.91 Å². The van der Waals surface area contributed by atoms with Gasteiger partial charge in [-0.15, -0.1) is 23.7 Å². The van der Waals surface area contributed by atoms with E-state index in [1.807, 2.05) is 19.2 Å². The molecule has 0 unspecified atom stereocenters. The van der Waals surface area contributed by atoms with E-state index in [2.05, 4.69) is 10.3 Å². The molecule has 0 bridgehead atoms. The van der Waals surface area contributed by atoms with Gasteiger partial charge < -0.3 is 11.1 Å². The smallest absolute Gasteiger partial charge is 0.243 e. The lowest BCUT2D eigenvalue weighted by Gasteiger charge is -2.13. The maximum atomic E-state index is 11.7. The third-order valence-electron chi connectivity index (χ3n) is 2.77. The fourth-order valence-electron chi connectivity index (χ4n) is 1.40. The Balaban J connectivity index is 0.00000144. The molecular weight excluding hydrogens is 258 g/mol. The zero-order chi connectivity index (χ0) is 11.7. The summed E-state index contributed by atoms with van der Waals surface area (Å²) in [6, 6.07) is -0.465. The number of nitrogens with two attached hydrogens (primary N) is 1. The number of anilines is 1. The lowest BCUT2D eigenvalue weighted by molar-refractivity contribution is -0.118. The van der Waals surface area contributed by atoms with Gasteiger partial charge in [0.1, 0.15) is 0 Å². The predicted molar refractivity (Wildman–Crippen MR) is 72.8 cm³/mol. The van der Waals surface area contributed by atoms with Gasteiger partial charge in [0.05, 0.1) is 11.7 Å². The van der Waals surface area contributed by atoms with Crippen LogP contribution in [0.15, 0.2) is 5.38 Å². The zero-order valence-electron chi connectivity index (χ0n) is 9.97. The summed E-state index contributed by atoms with van der Waals surface area (Å²) in [5.41, 5.74) is 6.86. The maximum Gasteiger partial charge on any atom is 0.243 e. The van der Waals surface area contributed by atoms with E-state index < -0.39 is 6.04 Å². The van der Waals surface area contributed by atoms with Crippen LogP contribution in [-0.2, 0) is 4.79 Å². The first kappa shape index (κ1) is 14.4. The van der Waals surface area contributed by atoms with Crippen LogP contribution in [0, 0.1) is 5.92 Å². The Kier molecular flexibility index (Phi) is 4.91. The molecule has 17 heavy (non-hydrogen) atoms. The SMILES string of the molecule is CC(C)[C@@H](N)C(=O)Nc1nc(C2CC2)cs1.Cl. The zero-order valence-corrected chi connectivity index (χ0v) is 11.6. The average molecular weight is 276 g/mol. The number of amides is 1. The highest BCUT2D eigenvalue weighted by Crippen LogP contribution is 2.40. The minimum atomic E-state index is -0.465. The second-order valence-corrected chi connectivity index (χ2v) is 5.47. The van der Waals surface area contributed by atoms with Crippen molar-refractivity contribution in [2.75, 3.05) is 5.32 Å². The van der Waals surface area contributed by atoms with Crippen molar-refractivity contribution in [3.05, 3.63) is 11.1 Å². The van der Waals surface area contributed by atoms with Crippen molar-refractivity contribution >= 4 is 34.8 Å². The van der Waals surface area contributed by atoms with Crippen LogP contribution >= 0.6 is 23.7 Å². The normalized spacial score (nSPS) is 16.5. The fourth-order valence-corrected chi connectivity index (χ4v) is 2.20. The Labute approximate surface area is 111 Å². The summed E-state index contributed by atoms with van der Waals surface area (Å²) in [6.07, 6.45) is 2.45. The summed E-state index contributed by atoms with van der Waals surface area (Å²) in [7, 11) is 0. The first-order valence-electron chi connectivity index (χ1n) is 5.60. The molecule has 4 nitrogen and oxygen atoms in total. The quantitative estimate of drug-likeness (QED) is 0.886. The number of aromatic nitrogens is 1. The summed E-state index contributed by atoms with van der Waals surface area (Å²) < 4.78 is 0. The molecule has 1 amide bonds. The van der Waals surface area contributed by atoms with E-state index in [0.717, 1.165) is 5.69 Å². The predicted octanol–water partition coefficient (Wildman–Crippen LogP) is 2.36. The molecule has 0 radical (unpaired) electrons. The van der Waals surface area contributed by atoms with Crippen LogP contribution in [-0.4, -0.2) is 16.9 Å². The highest BCUT2D eigenvalue weighted by atomic mass is 35.5. The number of halogens is 1. The number of thiazole rings is 1. The van der Waals surface area contributed by atoms with Gasteiger partial charge in [-0.05, 0) is 18.8 Å². The molecule has 1 aliphatic rings. The molecule has 6 heteroatoms. The summed E-state index contributed by atoms with van der Waals surface area (Å²) in [5, 5.41) is 5.46. The Bertz CT molecular complexity index is 390. The molecule has 1 heterocycles. The Morgan fingerprint density at radius 2 is 2.24 bits per heavy atom. The lowest BCUT2D eigenvalue weighted by Crippen LogP contribution is -2.39. The molecule has 0 aromatic carbocycles. The topological polar surface area (TPSA) is 68.0 Å². The van der Waals surface area contributed by atoms with Gasteiger partial charge in [-0.1, -0.05) is 13.8 Å². The van der Waals surface area contributed by atoms with Crippen molar-refractivity contribution in [1.82, 2.24) is 4.98 Å². The third kappa shape index (κ3) is 3.66. The van der Waals surface area contributed by atoms with Crippen molar-refractivity contribution in [2.24, 2.45) is 11.7 Å². The highest BCUT2D eigenvalue weighted by Gasteiger charge is 2.26. The average Bonchev–Trinajstić information content (AvgIpc) is 2.99. The summed E-state index contributed by atoms with van der Waals surface area (Å²) >= 11 is 1.48. The molecule has 96 valence electrons. The maximum absolute atomic E-state index is 11.7. The van der Waals surface area contributed by atoms with Crippen molar-refractivity contribution < 1.29 is 4.79 Å². The number of hydrogen-bond donors (Lipinski definition) is 2. The molecule has 1 aromatic rings. The molecule has 1 aromatic heterocycles. The second kappa shape index (κ2) is 5.80. The monoisotopic (exact) mass is 275 g/mol. The van der Waals surface area contributed by atoms with Gasteiger partial charge >= 0.3 is 0 Å². The van der Waals surface area contributed by atoms with Crippen LogP contribution in [0.2, 0.25) is 0 Å². The van der Waals surface area contributed by atoms with E-state index in [0.29, 0.717) is 11.0 Å². The van der Waals surface area contributed by atoms with Crippen molar-refractivity contribution in [3.8, 4) is 0 Å². The molecule has 0 saturated heterocycles. The summed E-state index contributed by atoms with van der Waals surface area (Å²) in [4.78, 5) is 16.1. The Hall–Kier alpha value is -0.650. The summed E-state index contributed by atoms with van der Waals surface area (Å²) in [6.45, 7) is 3.86. The highest BCUT2D eigenvalue weighted by molar-refractivity contribution is 7.13. The number of nitrogens with zero attached hydrogens (tertiary/aromatic N) is 1. The van der Waals surface area contributed by atoms with Crippen molar-refractivity contribution in [2.45, 2.75) is 38.6 Å². The van der Waals surface area contributed by atoms with Gasteiger partial charge in [0.25, 0.3) is 0 Å². The number of carbonyl (C=O) groups excluding carboxylic acids is 1. The molecular formula is C11H18ClN3OS. The van der Waals surface area contributed by atoms with Crippen LogP contribution in [0.1, 0.15) is 38.3 Å². The van der Waals surface area contributed by atoms with Crippen LogP contribution in [0.5, 0.6) is 0 Å². The van der Waals surface area contributed by atoms with Gasteiger partial charge in [0.15, 0.2) is 5.13 Å². The molecule has 1 aliphatic carbocycles. The van der Waals surface area contributed by atoms with E-state index in [4.69, 9.17) is 5.73 Å². The Morgan fingerprint density at radius 3 is 2.76 bits per heavy atom.